The Hall–Kier alpha value is -3.73. The van der Waals surface area contributed by atoms with E-state index in [2.05, 4.69) is 36.4 Å². The Bertz CT molecular complexity index is 1440. The number of nitriles is 1. The number of benzene rings is 1. The molecule has 4 heterocycles. The minimum absolute atomic E-state index is 0.0203. The molecule has 0 spiro atoms. The van der Waals surface area contributed by atoms with Crippen LogP contribution in [0.1, 0.15) is 57.8 Å². The van der Waals surface area contributed by atoms with E-state index in [4.69, 9.17) is 24.0 Å². The zero-order valence-corrected chi connectivity index (χ0v) is 25.0. The molecule has 2 aliphatic rings. The highest BCUT2D eigenvalue weighted by atomic mass is 19.1. The number of halogens is 2. The molecule has 43 heavy (non-hydrogen) atoms. The molecule has 0 unspecified atom stereocenters. The zero-order valence-electron chi connectivity index (χ0n) is 25.0. The van der Waals surface area contributed by atoms with E-state index in [1.807, 2.05) is 14.0 Å². The van der Waals surface area contributed by atoms with Gasteiger partial charge in [-0.05, 0) is 59.3 Å². The number of rotatable bonds is 10. The van der Waals surface area contributed by atoms with Crippen molar-refractivity contribution < 1.29 is 27.5 Å². The number of nitrogens with one attached hydrogen (secondary N) is 1. The predicted octanol–water partition coefficient (Wildman–Crippen LogP) is 4.03. The third-order valence-electron chi connectivity index (χ3n) is 8.26. The molecule has 2 aromatic heterocycles. The molecule has 2 fully saturated rings. The lowest BCUT2D eigenvalue weighted by Gasteiger charge is -2.29. The molecule has 0 aliphatic carbocycles. The molecule has 230 valence electrons. The van der Waals surface area contributed by atoms with E-state index in [1.54, 1.807) is 27.0 Å². The number of aromatic nitrogens is 4. The molecule has 1 aromatic carbocycles. The smallest absolute Gasteiger partial charge is 0.296 e. The third-order valence-corrected chi connectivity index (χ3v) is 8.26. The highest BCUT2D eigenvalue weighted by molar-refractivity contribution is 5.45. The number of methoxy groups -OCH3 is 1. The number of likely N-dealkylation sites (tertiary alicyclic amines) is 1. The first kappa shape index (κ1) is 30.7. The fraction of sp³-hybridized carbons (Fsp3) is 0.567. The van der Waals surface area contributed by atoms with Gasteiger partial charge in [0, 0.05) is 37.7 Å². The van der Waals surface area contributed by atoms with Gasteiger partial charge < -0.3 is 24.1 Å². The summed E-state index contributed by atoms with van der Waals surface area (Å²) in [7, 11) is 3.73. The van der Waals surface area contributed by atoms with Crippen LogP contribution in [0.4, 0.5) is 8.78 Å². The van der Waals surface area contributed by atoms with E-state index in [0.29, 0.717) is 19.4 Å². The second kappa shape index (κ2) is 12.9. The van der Waals surface area contributed by atoms with E-state index >= 15 is 0 Å². The SMILES string of the molecule is CO[C@@H]1C[C@@H]([C@H](C)Oc2cc(O[C@H]3CCN[C@H](CC#N)C3)nc(-c3nc(C(C)(C)c4c(F)cccc4F)no3)n2)N(C)C1. The van der Waals surface area contributed by atoms with Crippen LogP contribution in [0.15, 0.2) is 28.8 Å². The Morgan fingerprint density at radius 3 is 2.60 bits per heavy atom. The van der Waals surface area contributed by atoms with Crippen molar-refractivity contribution >= 4 is 0 Å². The van der Waals surface area contributed by atoms with Crippen LogP contribution in [0.2, 0.25) is 0 Å². The summed E-state index contributed by atoms with van der Waals surface area (Å²) in [5, 5.41) is 16.5. The lowest BCUT2D eigenvalue weighted by molar-refractivity contribution is 0.107. The van der Waals surface area contributed by atoms with Crippen molar-refractivity contribution in [3.8, 4) is 29.5 Å². The van der Waals surface area contributed by atoms with Gasteiger partial charge in [0.15, 0.2) is 5.82 Å². The Labute approximate surface area is 249 Å². The fourth-order valence-electron chi connectivity index (χ4n) is 5.88. The number of nitrogens with zero attached hydrogens (tertiary/aromatic N) is 6. The second-order valence-electron chi connectivity index (χ2n) is 11.7. The molecular formula is C30H37F2N7O4. The largest absolute Gasteiger partial charge is 0.474 e. The minimum Gasteiger partial charge on any atom is -0.474 e. The summed E-state index contributed by atoms with van der Waals surface area (Å²) in [6.07, 6.45) is 2.23. The summed E-state index contributed by atoms with van der Waals surface area (Å²) in [6, 6.07) is 7.62. The summed E-state index contributed by atoms with van der Waals surface area (Å²) in [5.74, 6) is -0.845. The maximum absolute atomic E-state index is 14.7. The molecule has 13 heteroatoms. The van der Waals surface area contributed by atoms with E-state index in [1.165, 1.54) is 18.2 Å². The van der Waals surface area contributed by atoms with Gasteiger partial charge in [-0.1, -0.05) is 11.2 Å². The first-order valence-corrected chi connectivity index (χ1v) is 14.4. The Morgan fingerprint density at radius 1 is 1.16 bits per heavy atom. The molecule has 11 nitrogen and oxygen atoms in total. The van der Waals surface area contributed by atoms with Crippen molar-refractivity contribution in [2.45, 2.75) is 82.3 Å². The van der Waals surface area contributed by atoms with Gasteiger partial charge in [0.25, 0.3) is 5.89 Å². The molecule has 2 aliphatic heterocycles. The van der Waals surface area contributed by atoms with Crippen LogP contribution < -0.4 is 14.8 Å². The van der Waals surface area contributed by atoms with Crippen LogP contribution in [0.25, 0.3) is 11.7 Å². The van der Waals surface area contributed by atoms with Gasteiger partial charge in [-0.3, -0.25) is 4.90 Å². The zero-order chi connectivity index (χ0) is 30.7. The maximum atomic E-state index is 14.7. The maximum Gasteiger partial charge on any atom is 0.296 e. The second-order valence-corrected chi connectivity index (χ2v) is 11.7. The number of piperidine rings is 1. The summed E-state index contributed by atoms with van der Waals surface area (Å²) in [4.78, 5) is 15.7. The van der Waals surface area contributed by atoms with E-state index < -0.39 is 17.0 Å². The minimum atomic E-state index is -1.26. The molecule has 5 rings (SSSR count). The molecule has 5 atom stereocenters. The lowest BCUT2D eigenvalue weighted by Crippen LogP contribution is -2.42. The van der Waals surface area contributed by atoms with E-state index in [9.17, 15) is 8.78 Å². The van der Waals surface area contributed by atoms with E-state index in [-0.39, 0.29) is 65.3 Å². The number of hydrogen-bond donors (Lipinski definition) is 1. The summed E-state index contributed by atoms with van der Waals surface area (Å²) >= 11 is 0. The van der Waals surface area contributed by atoms with Gasteiger partial charge in [-0.2, -0.15) is 20.2 Å². The molecule has 0 radical (unpaired) electrons. The Balaban J connectivity index is 1.45. The molecule has 0 amide bonds. The molecule has 2 saturated heterocycles. The topological polar surface area (TPSA) is 131 Å². The third kappa shape index (κ3) is 6.76. The highest BCUT2D eigenvalue weighted by Crippen LogP contribution is 2.35. The quantitative estimate of drug-likeness (QED) is 0.363. The monoisotopic (exact) mass is 597 g/mol. The van der Waals surface area contributed by atoms with Crippen molar-refractivity contribution in [1.82, 2.24) is 30.3 Å². The highest BCUT2D eigenvalue weighted by Gasteiger charge is 2.36. The van der Waals surface area contributed by atoms with Gasteiger partial charge >= 0.3 is 0 Å². The van der Waals surface area contributed by atoms with Crippen molar-refractivity contribution in [3.05, 3.63) is 47.3 Å². The average Bonchev–Trinajstić information content (AvgIpc) is 3.61. The summed E-state index contributed by atoms with van der Waals surface area (Å²) in [6.45, 7) is 6.69. The molecule has 1 N–H and O–H groups in total. The van der Waals surface area contributed by atoms with Crippen LogP contribution in [0, 0.1) is 23.0 Å². The van der Waals surface area contributed by atoms with Crippen LogP contribution in [0.5, 0.6) is 11.8 Å². The first-order chi connectivity index (χ1) is 20.6. The molecule has 0 saturated carbocycles. The van der Waals surface area contributed by atoms with Crippen molar-refractivity contribution in [3.63, 3.8) is 0 Å². The van der Waals surface area contributed by atoms with Crippen LogP contribution >= 0.6 is 0 Å². The van der Waals surface area contributed by atoms with Gasteiger partial charge in [-0.25, -0.2) is 8.78 Å². The first-order valence-electron chi connectivity index (χ1n) is 14.4. The average molecular weight is 598 g/mol. The van der Waals surface area contributed by atoms with Crippen molar-refractivity contribution in [1.29, 1.82) is 5.26 Å². The molecular weight excluding hydrogens is 560 g/mol. The Kier molecular flexibility index (Phi) is 9.19. The number of likely N-dealkylation sites (N-methyl/N-ethyl adjacent to an activating group) is 1. The van der Waals surface area contributed by atoms with E-state index in [0.717, 1.165) is 19.4 Å². The van der Waals surface area contributed by atoms with Crippen LogP contribution in [0.3, 0.4) is 0 Å². The number of hydrogen-bond acceptors (Lipinski definition) is 11. The normalized spacial score (nSPS) is 23.6. The predicted molar refractivity (Wildman–Crippen MR) is 151 cm³/mol. The van der Waals surface area contributed by atoms with Gasteiger partial charge in [0.1, 0.15) is 23.8 Å². The van der Waals surface area contributed by atoms with Crippen molar-refractivity contribution in [2.75, 3.05) is 27.2 Å². The summed E-state index contributed by atoms with van der Waals surface area (Å²) < 4.78 is 53.0. The molecule has 3 aromatic rings. The van der Waals surface area contributed by atoms with Crippen LogP contribution in [-0.2, 0) is 10.2 Å². The Morgan fingerprint density at radius 2 is 1.91 bits per heavy atom. The summed E-state index contributed by atoms with van der Waals surface area (Å²) in [5.41, 5.74) is -1.43. The van der Waals surface area contributed by atoms with Crippen molar-refractivity contribution in [2.24, 2.45) is 0 Å². The van der Waals surface area contributed by atoms with Gasteiger partial charge in [0.05, 0.1) is 30.1 Å². The van der Waals surface area contributed by atoms with Gasteiger partial charge in [0.2, 0.25) is 17.6 Å². The number of ether oxygens (including phenoxy) is 3. The van der Waals surface area contributed by atoms with Gasteiger partial charge in [-0.15, -0.1) is 0 Å². The fourth-order valence-corrected chi connectivity index (χ4v) is 5.88. The standard InChI is InChI=1S/C30H37F2N7O4/c1-17(23-14-20(40-5)16-39(23)4)41-24-15-25(42-19-10-12-34-18(13-19)9-11-33)36-27(35-24)28-37-29(38-43-28)30(2,3)26-21(31)7-6-8-22(26)32/h6-8,15,17-20,23,34H,9-10,12-14,16H2,1-5H3/t17-,18+,19-,20+,23-/m0/s1. The van der Waals surface area contributed by atoms with Crippen LogP contribution in [-0.4, -0.2) is 82.7 Å². The molecule has 0 bridgehead atoms. The lowest BCUT2D eigenvalue weighted by atomic mass is 9.83.